The summed E-state index contributed by atoms with van der Waals surface area (Å²) in [5.41, 5.74) is 1.19. The number of carbonyl (C=O) groups excluding carboxylic acids is 2. The van der Waals surface area contributed by atoms with Gasteiger partial charge in [-0.3, -0.25) is 14.5 Å². The van der Waals surface area contributed by atoms with Crippen LogP contribution in [-0.4, -0.2) is 61.4 Å². The highest BCUT2D eigenvalue weighted by atomic mass is 35.5. The van der Waals surface area contributed by atoms with Crippen LogP contribution >= 0.6 is 11.6 Å². The summed E-state index contributed by atoms with van der Waals surface area (Å²) >= 11 is 6.06. The van der Waals surface area contributed by atoms with Crippen molar-refractivity contribution < 1.29 is 18.7 Å². The molecule has 2 aromatic carbocycles. The number of carbonyl (C=O) groups is 2. The van der Waals surface area contributed by atoms with Crippen molar-refractivity contribution in [3.05, 3.63) is 58.9 Å². The van der Waals surface area contributed by atoms with E-state index in [0.717, 1.165) is 0 Å². The Bertz CT molecular complexity index is 885. The first-order chi connectivity index (χ1) is 14.0. The Kier molecular flexibility index (Phi) is 7.06. The van der Waals surface area contributed by atoms with Crippen LogP contribution in [0.3, 0.4) is 0 Å². The molecular formula is C21H23ClFN3O3. The molecule has 29 heavy (non-hydrogen) atoms. The monoisotopic (exact) mass is 419 g/mol. The fraction of sp³-hybridized carbons (Fsp3) is 0.333. The van der Waals surface area contributed by atoms with E-state index in [1.807, 2.05) is 4.90 Å². The van der Waals surface area contributed by atoms with E-state index in [1.165, 1.54) is 19.2 Å². The Morgan fingerprint density at radius 1 is 1.14 bits per heavy atom. The third kappa shape index (κ3) is 5.68. The van der Waals surface area contributed by atoms with Gasteiger partial charge < -0.3 is 15.0 Å². The van der Waals surface area contributed by atoms with Crippen LogP contribution in [0.2, 0.25) is 5.02 Å². The molecule has 1 saturated heterocycles. The smallest absolute Gasteiger partial charge is 0.238 e. The summed E-state index contributed by atoms with van der Waals surface area (Å²) in [7, 11) is 1.40. The van der Waals surface area contributed by atoms with Gasteiger partial charge in [-0.05, 0) is 29.8 Å². The van der Waals surface area contributed by atoms with Crippen LogP contribution in [0.15, 0.2) is 42.5 Å². The van der Waals surface area contributed by atoms with Crippen LogP contribution < -0.4 is 10.1 Å². The van der Waals surface area contributed by atoms with Gasteiger partial charge in [-0.25, -0.2) is 4.39 Å². The van der Waals surface area contributed by atoms with Gasteiger partial charge in [-0.15, -0.1) is 0 Å². The van der Waals surface area contributed by atoms with Crippen molar-refractivity contribution in [2.75, 3.05) is 45.2 Å². The van der Waals surface area contributed by atoms with Crippen LogP contribution in [0.5, 0.6) is 5.75 Å². The summed E-state index contributed by atoms with van der Waals surface area (Å²) in [6.07, 6.45) is 0.133. The zero-order valence-corrected chi connectivity index (χ0v) is 16.9. The molecule has 1 aliphatic rings. The molecule has 0 spiro atoms. The number of benzene rings is 2. The maximum Gasteiger partial charge on any atom is 0.238 e. The SMILES string of the molecule is COc1ccc(CC(=O)N2CCN(CC(=O)Nc3ccccc3Cl)CC2)cc1F. The van der Waals surface area contributed by atoms with Crippen molar-refractivity contribution in [2.24, 2.45) is 0 Å². The molecule has 0 bridgehead atoms. The molecule has 3 rings (SSSR count). The number of anilines is 1. The lowest BCUT2D eigenvalue weighted by atomic mass is 10.1. The van der Waals surface area contributed by atoms with Crippen LogP contribution in [-0.2, 0) is 16.0 Å². The maximum absolute atomic E-state index is 13.8. The Morgan fingerprint density at radius 2 is 1.86 bits per heavy atom. The molecule has 2 amide bonds. The van der Waals surface area contributed by atoms with E-state index >= 15 is 0 Å². The predicted molar refractivity (Wildman–Crippen MR) is 110 cm³/mol. The molecule has 1 heterocycles. The third-order valence-corrected chi connectivity index (χ3v) is 5.14. The zero-order valence-electron chi connectivity index (χ0n) is 16.2. The second-order valence-corrected chi connectivity index (χ2v) is 7.24. The first-order valence-electron chi connectivity index (χ1n) is 9.33. The third-order valence-electron chi connectivity index (χ3n) is 4.81. The van der Waals surface area contributed by atoms with Gasteiger partial charge in [0, 0.05) is 26.2 Å². The normalized spacial score (nSPS) is 14.5. The number of hydrogen-bond acceptors (Lipinski definition) is 4. The van der Waals surface area contributed by atoms with Crippen molar-refractivity contribution in [1.82, 2.24) is 9.80 Å². The molecule has 1 N–H and O–H groups in total. The Balaban J connectivity index is 1.46. The molecule has 1 fully saturated rings. The molecule has 1 aliphatic heterocycles. The van der Waals surface area contributed by atoms with Gasteiger partial charge in [0.1, 0.15) is 0 Å². The predicted octanol–water partition coefficient (Wildman–Crippen LogP) is 2.81. The summed E-state index contributed by atoms with van der Waals surface area (Å²) in [4.78, 5) is 28.5. The average Bonchev–Trinajstić information content (AvgIpc) is 2.70. The molecule has 0 aromatic heterocycles. The van der Waals surface area contributed by atoms with Gasteiger partial charge in [0.05, 0.1) is 30.8 Å². The summed E-state index contributed by atoms with van der Waals surface area (Å²) in [6.45, 7) is 2.47. The number of nitrogens with one attached hydrogen (secondary N) is 1. The van der Waals surface area contributed by atoms with Crippen molar-refractivity contribution in [3.63, 3.8) is 0 Å². The topological polar surface area (TPSA) is 61.9 Å². The van der Waals surface area contributed by atoms with Crippen molar-refractivity contribution in [3.8, 4) is 5.75 Å². The van der Waals surface area contributed by atoms with Crippen molar-refractivity contribution in [1.29, 1.82) is 0 Å². The number of para-hydroxylation sites is 1. The Morgan fingerprint density at radius 3 is 2.52 bits per heavy atom. The molecule has 2 aromatic rings. The van der Waals surface area contributed by atoms with E-state index < -0.39 is 5.82 Å². The van der Waals surface area contributed by atoms with Crippen LogP contribution in [0.1, 0.15) is 5.56 Å². The van der Waals surface area contributed by atoms with Crippen LogP contribution in [0, 0.1) is 5.82 Å². The number of piperazine rings is 1. The van der Waals surface area contributed by atoms with Gasteiger partial charge in [-0.2, -0.15) is 0 Å². The van der Waals surface area contributed by atoms with Gasteiger partial charge in [-0.1, -0.05) is 29.8 Å². The Labute approximate surface area is 174 Å². The number of nitrogens with zero attached hydrogens (tertiary/aromatic N) is 2. The minimum absolute atomic E-state index is 0.0604. The number of rotatable bonds is 6. The number of amides is 2. The molecule has 0 saturated carbocycles. The van der Waals surface area contributed by atoms with Crippen molar-refractivity contribution in [2.45, 2.75) is 6.42 Å². The highest BCUT2D eigenvalue weighted by Crippen LogP contribution is 2.21. The number of hydrogen-bond donors (Lipinski definition) is 1. The van der Waals surface area contributed by atoms with Crippen molar-refractivity contribution >= 4 is 29.1 Å². The molecule has 6 nitrogen and oxygen atoms in total. The van der Waals surface area contributed by atoms with E-state index in [1.54, 1.807) is 35.2 Å². The molecule has 0 aliphatic carbocycles. The van der Waals surface area contributed by atoms with E-state index in [0.29, 0.717) is 42.5 Å². The second-order valence-electron chi connectivity index (χ2n) is 6.83. The molecule has 0 unspecified atom stereocenters. The first kappa shape index (κ1) is 21.1. The van der Waals surface area contributed by atoms with E-state index in [2.05, 4.69) is 5.32 Å². The van der Waals surface area contributed by atoms with E-state index in [9.17, 15) is 14.0 Å². The number of halogens is 2. The fourth-order valence-electron chi connectivity index (χ4n) is 3.22. The molecule has 8 heteroatoms. The van der Waals surface area contributed by atoms with Gasteiger partial charge in [0.25, 0.3) is 0 Å². The lowest BCUT2D eigenvalue weighted by molar-refractivity contribution is -0.132. The molecular weight excluding hydrogens is 397 g/mol. The van der Waals surface area contributed by atoms with Gasteiger partial charge >= 0.3 is 0 Å². The standard InChI is InChI=1S/C21H23ClFN3O3/c1-29-19-7-6-15(12-17(19)23)13-21(28)26-10-8-25(9-11-26)14-20(27)24-18-5-3-2-4-16(18)22/h2-7,12H,8-11,13-14H2,1H3,(H,24,27). The fourth-order valence-corrected chi connectivity index (χ4v) is 3.40. The van der Waals surface area contributed by atoms with E-state index in [-0.39, 0.29) is 30.5 Å². The van der Waals surface area contributed by atoms with Crippen LogP contribution in [0.4, 0.5) is 10.1 Å². The molecule has 0 atom stereocenters. The summed E-state index contributed by atoms with van der Waals surface area (Å²) in [5, 5.41) is 3.29. The highest BCUT2D eigenvalue weighted by molar-refractivity contribution is 6.33. The van der Waals surface area contributed by atoms with E-state index in [4.69, 9.17) is 16.3 Å². The van der Waals surface area contributed by atoms with Gasteiger partial charge in [0.15, 0.2) is 11.6 Å². The first-order valence-corrected chi connectivity index (χ1v) is 9.71. The lowest BCUT2D eigenvalue weighted by Gasteiger charge is -2.34. The number of ether oxygens (including phenoxy) is 1. The summed E-state index contributed by atoms with van der Waals surface area (Å²) in [6, 6.07) is 11.6. The second kappa shape index (κ2) is 9.71. The highest BCUT2D eigenvalue weighted by Gasteiger charge is 2.23. The van der Waals surface area contributed by atoms with Gasteiger partial charge in [0.2, 0.25) is 11.8 Å². The summed E-state index contributed by atoms with van der Waals surface area (Å²) < 4.78 is 18.7. The lowest BCUT2D eigenvalue weighted by Crippen LogP contribution is -2.50. The summed E-state index contributed by atoms with van der Waals surface area (Å²) in [5.74, 6) is -0.529. The largest absolute Gasteiger partial charge is 0.494 e. The molecule has 0 radical (unpaired) electrons. The number of methoxy groups -OCH3 is 1. The minimum atomic E-state index is -0.479. The zero-order chi connectivity index (χ0) is 20.8. The quantitative estimate of drug-likeness (QED) is 0.782. The maximum atomic E-state index is 13.8. The van der Waals surface area contributed by atoms with Crippen LogP contribution in [0.25, 0.3) is 0 Å². The Hall–Kier alpha value is -2.64. The molecule has 154 valence electrons. The average molecular weight is 420 g/mol. The minimum Gasteiger partial charge on any atom is -0.494 e.